The van der Waals surface area contributed by atoms with Crippen LogP contribution in [-0.4, -0.2) is 43.0 Å². The monoisotopic (exact) mass is 362 g/mol. The molecular formula is C20H30N2O4. The smallest absolute Gasteiger partial charge is 0.238 e. The molecule has 144 valence electrons. The lowest BCUT2D eigenvalue weighted by atomic mass is 9.87. The van der Waals surface area contributed by atoms with E-state index >= 15 is 0 Å². The highest BCUT2D eigenvalue weighted by atomic mass is 16.5. The number of ether oxygens (including phenoxy) is 2. The van der Waals surface area contributed by atoms with Gasteiger partial charge in [-0.1, -0.05) is 0 Å². The quantitative estimate of drug-likeness (QED) is 0.836. The van der Waals surface area contributed by atoms with Crippen molar-refractivity contribution in [2.45, 2.75) is 53.1 Å². The maximum atomic E-state index is 13.0. The van der Waals surface area contributed by atoms with Crippen LogP contribution in [0.4, 0.5) is 0 Å². The molecule has 1 aromatic rings. The zero-order valence-electron chi connectivity index (χ0n) is 16.9. The number of nitrogens with one attached hydrogen (secondary N) is 1. The molecule has 6 heteroatoms. The SMILES string of the molecule is COc1cc2c(cc1OC)CN(C(=O)C(C)(C)C(=O)NC(C)(C)C)CC2. The molecular weight excluding hydrogens is 332 g/mol. The van der Waals surface area contributed by atoms with Gasteiger partial charge in [-0.3, -0.25) is 9.59 Å². The van der Waals surface area contributed by atoms with Crippen molar-refractivity contribution in [1.82, 2.24) is 10.2 Å². The van der Waals surface area contributed by atoms with Crippen molar-refractivity contribution in [1.29, 1.82) is 0 Å². The lowest BCUT2D eigenvalue weighted by Gasteiger charge is -2.36. The van der Waals surface area contributed by atoms with Gasteiger partial charge in [0.05, 0.1) is 14.2 Å². The molecule has 6 nitrogen and oxygen atoms in total. The Labute approximate surface area is 155 Å². The Hall–Kier alpha value is -2.24. The Morgan fingerprint density at radius 2 is 1.54 bits per heavy atom. The molecule has 0 aromatic heterocycles. The Morgan fingerprint density at radius 3 is 2.04 bits per heavy atom. The van der Waals surface area contributed by atoms with E-state index in [1.54, 1.807) is 33.0 Å². The van der Waals surface area contributed by atoms with Gasteiger partial charge in [0, 0.05) is 18.6 Å². The van der Waals surface area contributed by atoms with Crippen LogP contribution in [0.15, 0.2) is 12.1 Å². The fraction of sp³-hybridized carbons (Fsp3) is 0.600. The summed E-state index contributed by atoms with van der Waals surface area (Å²) < 4.78 is 10.7. The third-order valence-corrected chi connectivity index (χ3v) is 4.60. The van der Waals surface area contributed by atoms with Crippen molar-refractivity contribution in [2.75, 3.05) is 20.8 Å². The van der Waals surface area contributed by atoms with E-state index in [9.17, 15) is 9.59 Å². The number of hydrogen-bond acceptors (Lipinski definition) is 4. The second-order valence-corrected chi connectivity index (χ2v) is 8.28. The summed E-state index contributed by atoms with van der Waals surface area (Å²) in [5.74, 6) is 0.911. The fourth-order valence-corrected chi connectivity index (χ4v) is 3.05. The van der Waals surface area contributed by atoms with Gasteiger partial charge >= 0.3 is 0 Å². The number of methoxy groups -OCH3 is 2. The number of carbonyl (C=O) groups excluding carboxylic acids is 2. The minimum atomic E-state index is -1.12. The molecule has 0 radical (unpaired) electrons. The number of amides is 2. The summed E-state index contributed by atoms with van der Waals surface area (Å²) in [5.41, 5.74) is 0.659. The van der Waals surface area contributed by atoms with Gasteiger partial charge in [0.2, 0.25) is 11.8 Å². The molecule has 0 bridgehead atoms. The molecule has 2 rings (SSSR count). The number of benzene rings is 1. The Bertz CT molecular complexity index is 704. The van der Waals surface area contributed by atoms with E-state index < -0.39 is 5.41 Å². The highest BCUT2D eigenvalue weighted by molar-refractivity contribution is 6.04. The molecule has 0 spiro atoms. The molecule has 1 heterocycles. The van der Waals surface area contributed by atoms with E-state index in [1.165, 1.54) is 0 Å². The third kappa shape index (κ3) is 4.11. The molecule has 1 aliphatic rings. The lowest BCUT2D eigenvalue weighted by molar-refractivity contribution is -0.149. The van der Waals surface area contributed by atoms with E-state index in [-0.39, 0.29) is 17.4 Å². The van der Waals surface area contributed by atoms with E-state index in [1.807, 2.05) is 32.9 Å². The minimum absolute atomic E-state index is 0.167. The second-order valence-electron chi connectivity index (χ2n) is 8.28. The van der Waals surface area contributed by atoms with Gasteiger partial charge in [0.1, 0.15) is 5.41 Å². The van der Waals surface area contributed by atoms with Gasteiger partial charge in [0.25, 0.3) is 0 Å². The summed E-state index contributed by atoms with van der Waals surface area (Å²) in [6.07, 6.45) is 0.721. The number of hydrogen-bond donors (Lipinski definition) is 1. The molecule has 0 unspecified atom stereocenters. The molecule has 26 heavy (non-hydrogen) atoms. The Balaban J connectivity index is 2.21. The van der Waals surface area contributed by atoms with Crippen molar-refractivity contribution in [3.8, 4) is 11.5 Å². The average Bonchev–Trinajstić information content (AvgIpc) is 2.57. The van der Waals surface area contributed by atoms with Crippen LogP contribution in [0.5, 0.6) is 11.5 Å². The molecule has 0 fully saturated rings. The third-order valence-electron chi connectivity index (χ3n) is 4.60. The van der Waals surface area contributed by atoms with Gasteiger partial charge in [-0.2, -0.15) is 0 Å². The Kier molecular flexibility index (Phi) is 5.54. The van der Waals surface area contributed by atoms with Gasteiger partial charge in [-0.15, -0.1) is 0 Å². The first-order chi connectivity index (χ1) is 12.0. The molecule has 0 saturated heterocycles. The molecule has 1 aromatic carbocycles. The van der Waals surface area contributed by atoms with Gasteiger partial charge in [-0.25, -0.2) is 0 Å². The lowest BCUT2D eigenvalue weighted by Crippen LogP contribution is -2.54. The molecule has 1 aliphatic heterocycles. The van der Waals surface area contributed by atoms with E-state index in [4.69, 9.17) is 9.47 Å². The van der Waals surface area contributed by atoms with E-state index in [2.05, 4.69) is 5.32 Å². The maximum Gasteiger partial charge on any atom is 0.238 e. The zero-order valence-corrected chi connectivity index (χ0v) is 16.9. The minimum Gasteiger partial charge on any atom is -0.493 e. The molecule has 0 aliphatic carbocycles. The summed E-state index contributed by atoms with van der Waals surface area (Å²) in [5, 5.41) is 2.91. The first-order valence-corrected chi connectivity index (χ1v) is 8.85. The van der Waals surface area contributed by atoms with Crippen molar-refractivity contribution >= 4 is 11.8 Å². The maximum absolute atomic E-state index is 13.0. The summed E-state index contributed by atoms with van der Waals surface area (Å²) in [7, 11) is 3.20. The normalized spacial score (nSPS) is 14.5. The molecule has 1 N–H and O–H groups in total. The van der Waals surface area contributed by atoms with Gasteiger partial charge in [0.15, 0.2) is 11.5 Å². The van der Waals surface area contributed by atoms with Crippen LogP contribution < -0.4 is 14.8 Å². The summed E-state index contributed by atoms with van der Waals surface area (Å²) in [6.45, 7) is 10.1. The van der Waals surface area contributed by atoms with Crippen molar-refractivity contribution in [3.05, 3.63) is 23.3 Å². The number of rotatable bonds is 4. The highest BCUT2D eigenvalue weighted by Crippen LogP contribution is 2.34. The summed E-state index contributed by atoms with van der Waals surface area (Å²) >= 11 is 0. The predicted molar refractivity (Wildman–Crippen MR) is 100 cm³/mol. The second kappa shape index (κ2) is 7.17. The van der Waals surface area contributed by atoms with Crippen LogP contribution in [0.1, 0.15) is 45.7 Å². The van der Waals surface area contributed by atoms with Crippen molar-refractivity contribution in [2.24, 2.45) is 5.41 Å². The predicted octanol–water partition coefficient (Wildman–Crippen LogP) is 2.53. The van der Waals surface area contributed by atoms with Crippen LogP contribution in [0, 0.1) is 5.41 Å². The van der Waals surface area contributed by atoms with Gasteiger partial charge < -0.3 is 19.7 Å². The summed E-state index contributed by atoms with van der Waals surface area (Å²) in [6, 6.07) is 3.88. The molecule has 0 saturated carbocycles. The topological polar surface area (TPSA) is 67.9 Å². The van der Waals surface area contributed by atoms with Crippen LogP contribution in [0.3, 0.4) is 0 Å². The largest absolute Gasteiger partial charge is 0.493 e. The van der Waals surface area contributed by atoms with Crippen molar-refractivity contribution in [3.63, 3.8) is 0 Å². The van der Waals surface area contributed by atoms with Gasteiger partial charge in [-0.05, 0) is 64.3 Å². The number of fused-ring (bicyclic) bond motifs is 1. The number of carbonyl (C=O) groups is 2. The van der Waals surface area contributed by atoms with E-state index in [0.717, 1.165) is 17.5 Å². The van der Waals surface area contributed by atoms with Crippen LogP contribution in [0.25, 0.3) is 0 Å². The zero-order chi connectivity index (χ0) is 19.7. The average molecular weight is 362 g/mol. The molecule has 2 amide bonds. The highest BCUT2D eigenvalue weighted by Gasteiger charge is 2.41. The number of nitrogens with zero attached hydrogens (tertiary/aromatic N) is 1. The summed E-state index contributed by atoms with van der Waals surface area (Å²) in [4.78, 5) is 27.4. The van der Waals surface area contributed by atoms with Crippen LogP contribution >= 0.6 is 0 Å². The fourth-order valence-electron chi connectivity index (χ4n) is 3.05. The van der Waals surface area contributed by atoms with E-state index in [0.29, 0.717) is 24.6 Å². The van der Waals surface area contributed by atoms with Crippen molar-refractivity contribution < 1.29 is 19.1 Å². The first-order valence-electron chi connectivity index (χ1n) is 8.85. The van der Waals surface area contributed by atoms with Crippen LogP contribution in [0.2, 0.25) is 0 Å². The Morgan fingerprint density at radius 1 is 1.00 bits per heavy atom. The van der Waals surface area contributed by atoms with Crippen LogP contribution in [-0.2, 0) is 22.6 Å². The molecule has 0 atom stereocenters. The standard InChI is InChI=1S/C20H30N2O4/c1-19(2,3)21-17(23)20(4,5)18(24)22-9-8-13-10-15(25-6)16(26-7)11-14(13)12-22/h10-11H,8-9,12H2,1-7H3,(H,21,23). The first kappa shape index (κ1) is 20.1.